The summed E-state index contributed by atoms with van der Waals surface area (Å²) in [6.07, 6.45) is 4.33. The monoisotopic (exact) mass is 311 g/mol. The summed E-state index contributed by atoms with van der Waals surface area (Å²) in [5.74, 6) is 0.669. The summed E-state index contributed by atoms with van der Waals surface area (Å²) >= 11 is 3.27. The number of nitrogens with two attached hydrogens (primary N) is 1. The molecule has 96 valence electrons. The Morgan fingerprint density at radius 3 is 3.00 bits per heavy atom. The smallest absolute Gasteiger partial charge is 0.137 e. The summed E-state index contributed by atoms with van der Waals surface area (Å²) in [4.78, 5) is 4.28. The average Bonchev–Trinajstić information content (AvgIpc) is 2.72. The molecule has 1 aromatic heterocycles. The highest BCUT2D eigenvalue weighted by molar-refractivity contribution is 9.10. The third-order valence-electron chi connectivity index (χ3n) is 2.68. The summed E-state index contributed by atoms with van der Waals surface area (Å²) in [6, 6.07) is 5.09. The lowest BCUT2D eigenvalue weighted by Crippen LogP contribution is -2.20. The highest BCUT2D eigenvalue weighted by Crippen LogP contribution is 2.21. The highest BCUT2D eigenvalue weighted by Gasteiger charge is 2.09. The first-order chi connectivity index (χ1) is 8.58. The lowest BCUT2D eigenvalue weighted by Gasteiger charge is -2.11. The second-order valence-electron chi connectivity index (χ2n) is 4.37. The Morgan fingerprint density at radius 2 is 2.28 bits per heavy atom. The summed E-state index contributed by atoms with van der Waals surface area (Å²) in [7, 11) is 0. The topological polar surface area (TPSA) is 43.8 Å². The second-order valence-corrected chi connectivity index (χ2v) is 5.16. The van der Waals surface area contributed by atoms with Crippen LogP contribution in [0, 0.1) is 5.82 Å². The van der Waals surface area contributed by atoms with Crippen molar-refractivity contribution in [3.05, 3.63) is 52.3 Å². The van der Waals surface area contributed by atoms with Gasteiger partial charge in [0.2, 0.25) is 0 Å². The predicted octanol–water partition coefficient (Wildman–Crippen LogP) is 2.72. The van der Waals surface area contributed by atoms with Crippen molar-refractivity contribution in [3.8, 4) is 0 Å². The van der Waals surface area contributed by atoms with E-state index >= 15 is 0 Å². The Labute approximate surface area is 114 Å². The molecule has 0 fully saturated rings. The molecule has 1 unspecified atom stereocenters. The first-order valence-corrected chi connectivity index (χ1v) is 6.55. The van der Waals surface area contributed by atoms with Gasteiger partial charge in [-0.2, -0.15) is 0 Å². The molecule has 0 saturated carbocycles. The van der Waals surface area contributed by atoms with E-state index in [0.717, 1.165) is 11.4 Å². The molecule has 0 radical (unpaired) electrons. The number of benzene rings is 1. The molecule has 1 atom stereocenters. The van der Waals surface area contributed by atoms with Gasteiger partial charge in [-0.15, -0.1) is 0 Å². The number of rotatable bonds is 4. The molecule has 2 N–H and O–H groups in total. The lowest BCUT2D eigenvalue weighted by atomic mass is 10.2. The van der Waals surface area contributed by atoms with E-state index in [-0.39, 0.29) is 11.9 Å². The fourth-order valence-corrected chi connectivity index (χ4v) is 2.21. The zero-order chi connectivity index (χ0) is 13.1. The fourth-order valence-electron chi connectivity index (χ4n) is 1.82. The third kappa shape index (κ3) is 2.97. The van der Waals surface area contributed by atoms with Crippen molar-refractivity contribution in [2.75, 3.05) is 0 Å². The van der Waals surface area contributed by atoms with E-state index in [0.29, 0.717) is 17.4 Å². The van der Waals surface area contributed by atoms with Gasteiger partial charge in [0.25, 0.3) is 0 Å². The molecule has 0 aliphatic carbocycles. The minimum Gasteiger partial charge on any atom is -0.330 e. The van der Waals surface area contributed by atoms with Crippen LogP contribution < -0.4 is 5.73 Å². The van der Waals surface area contributed by atoms with Gasteiger partial charge >= 0.3 is 0 Å². The van der Waals surface area contributed by atoms with Gasteiger partial charge in [-0.3, -0.25) is 0 Å². The van der Waals surface area contributed by atoms with Crippen molar-refractivity contribution in [1.29, 1.82) is 0 Å². The summed E-state index contributed by atoms with van der Waals surface area (Å²) in [5.41, 5.74) is 6.67. The maximum absolute atomic E-state index is 13.4. The number of halogens is 2. The maximum Gasteiger partial charge on any atom is 0.137 e. The van der Waals surface area contributed by atoms with Crippen LogP contribution in [0.25, 0.3) is 0 Å². The molecule has 0 saturated heterocycles. The van der Waals surface area contributed by atoms with Crippen molar-refractivity contribution in [3.63, 3.8) is 0 Å². The first kappa shape index (κ1) is 13.2. The summed E-state index contributed by atoms with van der Waals surface area (Å²) in [5, 5.41) is 0. The SMILES string of the molecule is CC(N)Cc1nccn1Cc1cccc(F)c1Br. The first-order valence-electron chi connectivity index (χ1n) is 5.76. The zero-order valence-corrected chi connectivity index (χ0v) is 11.7. The van der Waals surface area contributed by atoms with Crippen LogP contribution >= 0.6 is 15.9 Å². The van der Waals surface area contributed by atoms with Gasteiger partial charge in [0, 0.05) is 31.4 Å². The third-order valence-corrected chi connectivity index (χ3v) is 3.57. The molecule has 0 bridgehead atoms. The molecule has 0 aliphatic rings. The van der Waals surface area contributed by atoms with Gasteiger partial charge in [0.05, 0.1) is 4.47 Å². The van der Waals surface area contributed by atoms with Crippen LogP contribution in [0.2, 0.25) is 0 Å². The van der Waals surface area contributed by atoms with E-state index in [4.69, 9.17) is 5.73 Å². The van der Waals surface area contributed by atoms with E-state index in [1.165, 1.54) is 6.07 Å². The summed E-state index contributed by atoms with van der Waals surface area (Å²) < 4.78 is 15.9. The average molecular weight is 312 g/mol. The minimum atomic E-state index is -0.249. The van der Waals surface area contributed by atoms with Gasteiger partial charge in [-0.25, -0.2) is 9.37 Å². The van der Waals surface area contributed by atoms with Crippen LogP contribution in [0.3, 0.4) is 0 Å². The van der Waals surface area contributed by atoms with Gasteiger partial charge in [0.1, 0.15) is 11.6 Å². The Bertz CT molecular complexity index is 537. The number of nitrogens with zero attached hydrogens (tertiary/aromatic N) is 2. The molecule has 1 heterocycles. The van der Waals surface area contributed by atoms with Gasteiger partial charge in [0.15, 0.2) is 0 Å². The number of hydrogen-bond donors (Lipinski definition) is 1. The van der Waals surface area contributed by atoms with E-state index in [9.17, 15) is 4.39 Å². The number of hydrogen-bond acceptors (Lipinski definition) is 2. The largest absolute Gasteiger partial charge is 0.330 e. The molecule has 0 spiro atoms. The van der Waals surface area contributed by atoms with Crippen LogP contribution in [0.5, 0.6) is 0 Å². The molecule has 18 heavy (non-hydrogen) atoms. The van der Waals surface area contributed by atoms with E-state index < -0.39 is 0 Å². The fraction of sp³-hybridized carbons (Fsp3) is 0.308. The Kier molecular flexibility index (Phi) is 4.14. The van der Waals surface area contributed by atoms with Crippen LogP contribution in [0.1, 0.15) is 18.3 Å². The molecule has 1 aromatic carbocycles. The highest BCUT2D eigenvalue weighted by atomic mass is 79.9. The molecule has 5 heteroatoms. The number of imidazole rings is 1. The Hall–Kier alpha value is -1.20. The van der Waals surface area contributed by atoms with Crippen LogP contribution in [0.4, 0.5) is 4.39 Å². The van der Waals surface area contributed by atoms with Gasteiger partial charge < -0.3 is 10.3 Å². The zero-order valence-electron chi connectivity index (χ0n) is 10.1. The Morgan fingerprint density at radius 1 is 1.50 bits per heavy atom. The molecule has 2 aromatic rings. The van der Waals surface area contributed by atoms with Crippen molar-refractivity contribution in [2.24, 2.45) is 5.73 Å². The molecular formula is C13H15BrFN3. The standard InChI is InChI=1S/C13H15BrFN3/c1-9(16)7-12-17-5-6-18(12)8-10-3-2-4-11(15)13(10)14/h2-6,9H,7-8,16H2,1H3. The predicted molar refractivity (Wildman–Crippen MR) is 72.8 cm³/mol. The van der Waals surface area contributed by atoms with Crippen LogP contribution in [-0.2, 0) is 13.0 Å². The number of aromatic nitrogens is 2. The van der Waals surface area contributed by atoms with Crippen LogP contribution in [-0.4, -0.2) is 15.6 Å². The Balaban J connectivity index is 2.24. The maximum atomic E-state index is 13.4. The molecule has 3 nitrogen and oxygen atoms in total. The van der Waals surface area contributed by atoms with E-state index in [1.807, 2.05) is 23.8 Å². The van der Waals surface area contributed by atoms with Gasteiger partial charge in [-0.05, 0) is 34.5 Å². The quantitative estimate of drug-likeness (QED) is 0.943. The van der Waals surface area contributed by atoms with Crippen molar-refractivity contribution in [2.45, 2.75) is 25.9 Å². The normalized spacial score (nSPS) is 12.7. The molecule has 2 rings (SSSR count). The minimum absolute atomic E-state index is 0.0575. The van der Waals surface area contributed by atoms with Crippen molar-refractivity contribution >= 4 is 15.9 Å². The van der Waals surface area contributed by atoms with E-state index in [2.05, 4.69) is 20.9 Å². The van der Waals surface area contributed by atoms with Crippen molar-refractivity contribution in [1.82, 2.24) is 9.55 Å². The van der Waals surface area contributed by atoms with Crippen molar-refractivity contribution < 1.29 is 4.39 Å². The van der Waals surface area contributed by atoms with Crippen LogP contribution in [0.15, 0.2) is 35.1 Å². The summed E-state index contributed by atoms with van der Waals surface area (Å²) in [6.45, 7) is 2.53. The second kappa shape index (κ2) is 5.63. The lowest BCUT2D eigenvalue weighted by molar-refractivity contribution is 0.611. The molecule has 0 aliphatic heterocycles. The molecular weight excluding hydrogens is 297 g/mol. The van der Waals surface area contributed by atoms with E-state index in [1.54, 1.807) is 12.3 Å². The molecule has 0 amide bonds. The van der Waals surface area contributed by atoms with Gasteiger partial charge in [-0.1, -0.05) is 12.1 Å².